The monoisotopic (exact) mass is 283 g/mol. The summed E-state index contributed by atoms with van der Waals surface area (Å²) in [5.41, 5.74) is 2.73. The minimum Gasteiger partial charge on any atom is -0.376 e. The molecule has 1 atom stereocenters. The largest absolute Gasteiger partial charge is 0.376 e. The fraction of sp³-hybridized carbons (Fsp3) is 0.400. The van der Waals surface area contributed by atoms with Crippen molar-refractivity contribution in [2.24, 2.45) is 0 Å². The lowest BCUT2D eigenvalue weighted by Gasteiger charge is -2.13. The van der Waals surface area contributed by atoms with Crippen molar-refractivity contribution in [1.29, 1.82) is 0 Å². The maximum Gasteiger partial charge on any atom is 0.204 e. The van der Waals surface area contributed by atoms with Gasteiger partial charge in [0.1, 0.15) is 5.82 Å². The van der Waals surface area contributed by atoms with Crippen molar-refractivity contribution in [1.82, 2.24) is 19.6 Å². The Bertz CT molecular complexity index is 791. The molecule has 1 fully saturated rings. The van der Waals surface area contributed by atoms with Crippen LogP contribution in [0.2, 0.25) is 0 Å². The number of aryl methyl sites for hydroxylation is 1. The van der Waals surface area contributed by atoms with Crippen LogP contribution in [0.3, 0.4) is 0 Å². The predicted octanol–water partition coefficient (Wildman–Crippen LogP) is 2.18. The molecule has 2 aromatic heterocycles. The van der Waals surface area contributed by atoms with Crippen molar-refractivity contribution in [3.63, 3.8) is 0 Å². The van der Waals surface area contributed by atoms with E-state index < -0.39 is 0 Å². The Hall–Kier alpha value is -2.21. The molecule has 1 aliphatic rings. The van der Waals surface area contributed by atoms with Crippen LogP contribution in [0.1, 0.15) is 18.7 Å². The molecule has 4 rings (SSSR count). The van der Waals surface area contributed by atoms with E-state index in [0.717, 1.165) is 54.3 Å². The number of rotatable bonds is 3. The van der Waals surface area contributed by atoms with E-state index in [9.17, 15) is 0 Å². The molecule has 3 heterocycles. The Labute approximate surface area is 122 Å². The highest BCUT2D eigenvalue weighted by Crippen LogP contribution is 2.22. The number of aromatic nitrogens is 4. The van der Waals surface area contributed by atoms with Gasteiger partial charge >= 0.3 is 0 Å². The van der Waals surface area contributed by atoms with Gasteiger partial charge in [-0.2, -0.15) is 0 Å². The Morgan fingerprint density at radius 2 is 2.24 bits per heavy atom. The zero-order chi connectivity index (χ0) is 14.2. The zero-order valence-electron chi connectivity index (χ0n) is 11.9. The third kappa shape index (κ3) is 2.12. The smallest absolute Gasteiger partial charge is 0.204 e. The third-order valence-electron chi connectivity index (χ3n) is 3.91. The number of nitrogens with one attached hydrogen (secondary N) is 1. The summed E-state index contributed by atoms with van der Waals surface area (Å²) >= 11 is 0. The van der Waals surface area contributed by atoms with Crippen LogP contribution in [-0.2, 0) is 4.74 Å². The fourth-order valence-corrected chi connectivity index (χ4v) is 2.86. The maximum atomic E-state index is 5.65. The summed E-state index contributed by atoms with van der Waals surface area (Å²) in [7, 11) is 0. The molecule has 6 heteroatoms. The molecule has 1 aromatic carbocycles. The van der Waals surface area contributed by atoms with Gasteiger partial charge in [0.05, 0.1) is 17.1 Å². The number of nitrogens with zero attached hydrogens (tertiary/aromatic N) is 4. The number of hydrogen-bond acceptors (Lipinski definition) is 5. The SMILES string of the molecule is Cc1nnc2c(NC[C@H]3CCCO3)nc3ccccc3n12. The third-order valence-corrected chi connectivity index (χ3v) is 3.91. The van der Waals surface area contributed by atoms with E-state index in [0.29, 0.717) is 0 Å². The van der Waals surface area contributed by atoms with Gasteiger partial charge < -0.3 is 10.1 Å². The van der Waals surface area contributed by atoms with E-state index in [1.165, 1.54) is 0 Å². The summed E-state index contributed by atoms with van der Waals surface area (Å²) in [6.45, 7) is 3.57. The number of anilines is 1. The van der Waals surface area contributed by atoms with Gasteiger partial charge in [0.15, 0.2) is 5.82 Å². The molecule has 0 saturated carbocycles. The van der Waals surface area contributed by atoms with Crippen molar-refractivity contribution in [3.8, 4) is 0 Å². The molecule has 6 nitrogen and oxygen atoms in total. The van der Waals surface area contributed by atoms with E-state index in [4.69, 9.17) is 4.74 Å². The van der Waals surface area contributed by atoms with Gasteiger partial charge in [0.2, 0.25) is 5.65 Å². The van der Waals surface area contributed by atoms with Crippen molar-refractivity contribution in [2.45, 2.75) is 25.9 Å². The van der Waals surface area contributed by atoms with Gasteiger partial charge in [-0.1, -0.05) is 12.1 Å². The Morgan fingerprint density at radius 3 is 3.10 bits per heavy atom. The highest BCUT2D eigenvalue weighted by molar-refractivity contribution is 5.82. The lowest BCUT2D eigenvalue weighted by Crippen LogP contribution is -2.19. The number of ether oxygens (including phenoxy) is 1. The Kier molecular flexibility index (Phi) is 2.96. The molecule has 1 N–H and O–H groups in total. The molecule has 3 aromatic rings. The summed E-state index contributed by atoms with van der Waals surface area (Å²) < 4.78 is 7.69. The molecule has 0 amide bonds. The average Bonchev–Trinajstić information content (AvgIpc) is 3.15. The van der Waals surface area contributed by atoms with Crippen LogP contribution >= 0.6 is 0 Å². The molecular formula is C15H17N5O. The first-order valence-electron chi connectivity index (χ1n) is 7.29. The predicted molar refractivity (Wildman–Crippen MR) is 80.5 cm³/mol. The van der Waals surface area contributed by atoms with Crippen LogP contribution in [-0.4, -0.2) is 38.8 Å². The highest BCUT2D eigenvalue weighted by atomic mass is 16.5. The van der Waals surface area contributed by atoms with Gasteiger partial charge in [0.25, 0.3) is 0 Å². The summed E-state index contributed by atoms with van der Waals surface area (Å²) in [5.74, 6) is 1.63. The lowest BCUT2D eigenvalue weighted by atomic mass is 10.2. The van der Waals surface area contributed by atoms with Crippen LogP contribution in [0.4, 0.5) is 5.82 Å². The van der Waals surface area contributed by atoms with Crippen LogP contribution in [0.25, 0.3) is 16.7 Å². The summed E-state index contributed by atoms with van der Waals surface area (Å²) in [4.78, 5) is 4.69. The molecule has 0 spiro atoms. The van der Waals surface area contributed by atoms with Crippen molar-refractivity contribution < 1.29 is 4.74 Å². The van der Waals surface area contributed by atoms with Gasteiger partial charge in [-0.3, -0.25) is 4.40 Å². The van der Waals surface area contributed by atoms with E-state index in [1.807, 2.05) is 35.6 Å². The van der Waals surface area contributed by atoms with Gasteiger partial charge in [-0.05, 0) is 31.9 Å². The van der Waals surface area contributed by atoms with Gasteiger partial charge in [0, 0.05) is 13.2 Å². The molecule has 1 aliphatic heterocycles. The minimum atomic E-state index is 0.266. The Balaban J connectivity index is 1.79. The molecule has 0 radical (unpaired) electrons. The topological polar surface area (TPSA) is 64.3 Å². The molecular weight excluding hydrogens is 266 g/mol. The maximum absolute atomic E-state index is 5.65. The number of para-hydroxylation sites is 2. The number of fused-ring (bicyclic) bond motifs is 3. The summed E-state index contributed by atoms with van der Waals surface area (Å²) in [6.07, 6.45) is 2.50. The molecule has 21 heavy (non-hydrogen) atoms. The quantitative estimate of drug-likeness (QED) is 0.798. The normalized spacial score (nSPS) is 18.6. The first-order valence-corrected chi connectivity index (χ1v) is 7.29. The molecule has 0 aliphatic carbocycles. The average molecular weight is 283 g/mol. The second-order valence-electron chi connectivity index (χ2n) is 5.37. The Morgan fingerprint density at radius 1 is 1.33 bits per heavy atom. The van der Waals surface area contributed by atoms with Crippen LogP contribution in [0, 0.1) is 6.92 Å². The van der Waals surface area contributed by atoms with Crippen LogP contribution in [0.5, 0.6) is 0 Å². The zero-order valence-corrected chi connectivity index (χ0v) is 11.9. The van der Waals surface area contributed by atoms with E-state index >= 15 is 0 Å². The summed E-state index contributed by atoms with van der Waals surface area (Å²) in [5, 5.41) is 11.8. The van der Waals surface area contributed by atoms with Crippen LogP contribution < -0.4 is 5.32 Å². The minimum absolute atomic E-state index is 0.266. The number of hydrogen-bond donors (Lipinski definition) is 1. The van der Waals surface area contributed by atoms with Crippen molar-refractivity contribution in [2.75, 3.05) is 18.5 Å². The summed E-state index contributed by atoms with van der Waals surface area (Å²) in [6, 6.07) is 8.04. The van der Waals surface area contributed by atoms with Crippen LogP contribution in [0.15, 0.2) is 24.3 Å². The van der Waals surface area contributed by atoms with E-state index in [2.05, 4.69) is 20.5 Å². The second kappa shape index (κ2) is 4.96. The van der Waals surface area contributed by atoms with Gasteiger partial charge in [-0.15, -0.1) is 10.2 Å². The van der Waals surface area contributed by atoms with E-state index in [-0.39, 0.29) is 6.10 Å². The highest BCUT2D eigenvalue weighted by Gasteiger charge is 2.17. The second-order valence-corrected chi connectivity index (χ2v) is 5.37. The van der Waals surface area contributed by atoms with Gasteiger partial charge in [-0.25, -0.2) is 4.98 Å². The van der Waals surface area contributed by atoms with Crippen molar-refractivity contribution >= 4 is 22.5 Å². The first-order chi connectivity index (χ1) is 10.3. The lowest BCUT2D eigenvalue weighted by molar-refractivity contribution is 0.120. The molecule has 1 saturated heterocycles. The number of benzene rings is 1. The van der Waals surface area contributed by atoms with E-state index in [1.54, 1.807) is 0 Å². The molecule has 0 bridgehead atoms. The van der Waals surface area contributed by atoms with Crippen molar-refractivity contribution in [3.05, 3.63) is 30.1 Å². The fourth-order valence-electron chi connectivity index (χ4n) is 2.86. The first kappa shape index (κ1) is 12.5. The molecule has 0 unspecified atom stereocenters. The molecule has 108 valence electrons. The standard InChI is InChI=1S/C15H17N5O/c1-10-18-19-15-14(16-9-11-5-4-8-21-11)17-12-6-2-3-7-13(12)20(10)15/h2-3,6-7,11H,4-5,8-9H2,1H3,(H,16,17)/t11-/m1/s1.